The van der Waals surface area contributed by atoms with Crippen molar-refractivity contribution in [1.29, 1.82) is 0 Å². The maximum Gasteiger partial charge on any atom is 0.317 e. The van der Waals surface area contributed by atoms with Gasteiger partial charge in [0.1, 0.15) is 0 Å². The Morgan fingerprint density at radius 3 is 2.48 bits per heavy atom. The first kappa shape index (κ1) is 18.5. The van der Waals surface area contributed by atoms with Crippen LogP contribution in [0.25, 0.3) is 0 Å². The number of carbonyl (C=O) groups excluding carboxylic acids is 1. The number of nitrogens with one attached hydrogen (secondary N) is 1. The average molecular weight is 326 g/mol. The highest BCUT2D eigenvalue weighted by atomic mass is 16.5. The molecular formula is C18H34N2O3. The molecule has 2 rings (SSSR count). The minimum Gasteiger partial charge on any atom is -0.388 e. The summed E-state index contributed by atoms with van der Waals surface area (Å²) in [5, 5.41) is 13.7. The summed E-state index contributed by atoms with van der Waals surface area (Å²) in [4.78, 5) is 14.0. The third kappa shape index (κ3) is 5.35. The van der Waals surface area contributed by atoms with Gasteiger partial charge in [-0.2, -0.15) is 0 Å². The fourth-order valence-corrected chi connectivity index (χ4v) is 3.93. The van der Waals surface area contributed by atoms with E-state index in [-0.39, 0.29) is 12.1 Å². The van der Waals surface area contributed by atoms with Gasteiger partial charge in [0.25, 0.3) is 0 Å². The van der Waals surface area contributed by atoms with Crippen LogP contribution in [0.15, 0.2) is 0 Å². The molecule has 0 bridgehead atoms. The van der Waals surface area contributed by atoms with Gasteiger partial charge in [0.15, 0.2) is 0 Å². The van der Waals surface area contributed by atoms with Gasteiger partial charge < -0.3 is 20.1 Å². The quantitative estimate of drug-likeness (QED) is 0.816. The molecule has 0 aromatic rings. The number of hydrogen-bond acceptors (Lipinski definition) is 3. The lowest BCUT2D eigenvalue weighted by atomic mass is 9.78. The van der Waals surface area contributed by atoms with Crippen LogP contribution in [0.4, 0.5) is 4.79 Å². The summed E-state index contributed by atoms with van der Waals surface area (Å²) in [6, 6.07) is 0.0810. The Balaban J connectivity index is 1.79. The zero-order valence-corrected chi connectivity index (χ0v) is 15.0. The first-order chi connectivity index (χ1) is 10.9. The first-order valence-electron chi connectivity index (χ1n) is 9.23. The molecule has 0 radical (unpaired) electrons. The van der Waals surface area contributed by atoms with Crippen LogP contribution in [-0.2, 0) is 4.74 Å². The van der Waals surface area contributed by atoms with Gasteiger partial charge in [-0.05, 0) is 18.8 Å². The smallest absolute Gasteiger partial charge is 0.317 e. The summed E-state index contributed by atoms with van der Waals surface area (Å²) in [5.41, 5.74) is -0.803. The molecule has 2 aliphatic rings. The highest BCUT2D eigenvalue weighted by molar-refractivity contribution is 5.74. The van der Waals surface area contributed by atoms with E-state index in [1.54, 1.807) is 11.9 Å². The maximum absolute atomic E-state index is 12.4. The van der Waals surface area contributed by atoms with Crippen molar-refractivity contribution in [2.45, 2.75) is 70.4 Å². The normalized spacial score (nSPS) is 24.7. The molecule has 1 heterocycles. The van der Waals surface area contributed by atoms with Crippen molar-refractivity contribution in [3.63, 3.8) is 0 Å². The second kappa shape index (κ2) is 8.34. The summed E-state index contributed by atoms with van der Waals surface area (Å²) in [7, 11) is 1.76. The predicted octanol–water partition coefficient (Wildman–Crippen LogP) is 2.77. The molecule has 23 heavy (non-hydrogen) atoms. The van der Waals surface area contributed by atoms with E-state index in [9.17, 15) is 9.90 Å². The molecule has 134 valence electrons. The lowest BCUT2D eigenvalue weighted by molar-refractivity contribution is -0.0723. The van der Waals surface area contributed by atoms with Gasteiger partial charge in [-0.15, -0.1) is 0 Å². The van der Waals surface area contributed by atoms with E-state index < -0.39 is 5.60 Å². The molecule has 2 amide bonds. The van der Waals surface area contributed by atoms with Crippen LogP contribution in [0, 0.1) is 11.8 Å². The van der Waals surface area contributed by atoms with Gasteiger partial charge in [0.2, 0.25) is 0 Å². The molecule has 0 spiro atoms. The molecule has 1 aliphatic carbocycles. The SMILES string of the molecule is C[C@@H](NC(=O)N(C)CC1(O)CCOCC1)[C@@H](C)C1CCCCC1. The first-order valence-corrected chi connectivity index (χ1v) is 9.23. The van der Waals surface area contributed by atoms with Crippen molar-refractivity contribution in [3.8, 4) is 0 Å². The minimum atomic E-state index is -0.803. The molecule has 2 fully saturated rings. The van der Waals surface area contributed by atoms with Gasteiger partial charge >= 0.3 is 6.03 Å². The Labute approximate surface area is 140 Å². The molecule has 5 nitrogen and oxygen atoms in total. The molecule has 1 saturated carbocycles. The van der Waals surface area contributed by atoms with E-state index in [0.717, 1.165) is 5.92 Å². The van der Waals surface area contributed by atoms with Crippen LogP contribution in [0.2, 0.25) is 0 Å². The number of hydrogen-bond donors (Lipinski definition) is 2. The summed E-state index contributed by atoms with van der Waals surface area (Å²) >= 11 is 0. The highest BCUT2D eigenvalue weighted by Gasteiger charge is 2.33. The van der Waals surface area contributed by atoms with Crippen LogP contribution < -0.4 is 5.32 Å². The lowest BCUT2D eigenvalue weighted by Gasteiger charge is -2.37. The van der Waals surface area contributed by atoms with Gasteiger partial charge in [-0.1, -0.05) is 39.0 Å². The number of nitrogens with zero attached hydrogens (tertiary/aromatic N) is 1. The Morgan fingerprint density at radius 1 is 1.26 bits per heavy atom. The van der Waals surface area contributed by atoms with Crippen LogP contribution >= 0.6 is 0 Å². The zero-order chi connectivity index (χ0) is 16.9. The van der Waals surface area contributed by atoms with Crippen molar-refractivity contribution in [1.82, 2.24) is 10.2 Å². The second-order valence-electron chi connectivity index (χ2n) is 7.69. The number of carbonyl (C=O) groups is 1. The van der Waals surface area contributed by atoms with E-state index in [1.807, 2.05) is 0 Å². The Morgan fingerprint density at radius 2 is 1.87 bits per heavy atom. The Bertz CT molecular complexity index is 376. The average Bonchev–Trinajstić information content (AvgIpc) is 2.55. The van der Waals surface area contributed by atoms with Crippen LogP contribution in [0.1, 0.15) is 58.8 Å². The van der Waals surface area contributed by atoms with E-state index in [4.69, 9.17) is 4.74 Å². The zero-order valence-electron chi connectivity index (χ0n) is 15.0. The number of rotatable bonds is 5. The van der Waals surface area contributed by atoms with Gasteiger partial charge in [-0.25, -0.2) is 4.79 Å². The third-order valence-corrected chi connectivity index (χ3v) is 5.83. The summed E-state index contributed by atoms with van der Waals surface area (Å²) < 4.78 is 5.29. The van der Waals surface area contributed by atoms with Crippen LogP contribution in [0.3, 0.4) is 0 Å². The lowest BCUT2D eigenvalue weighted by Crippen LogP contribution is -2.52. The number of aliphatic hydroxyl groups is 1. The van der Waals surface area contributed by atoms with E-state index in [2.05, 4.69) is 19.2 Å². The van der Waals surface area contributed by atoms with Crippen LogP contribution in [-0.4, -0.2) is 54.5 Å². The summed E-state index contributed by atoms with van der Waals surface area (Å²) in [6.07, 6.45) is 7.77. The molecule has 0 aromatic heterocycles. The fraction of sp³-hybridized carbons (Fsp3) is 0.944. The minimum absolute atomic E-state index is 0.0833. The highest BCUT2D eigenvalue weighted by Crippen LogP contribution is 2.31. The number of likely N-dealkylation sites (N-methyl/N-ethyl adjacent to an activating group) is 1. The molecule has 0 aromatic carbocycles. The second-order valence-corrected chi connectivity index (χ2v) is 7.69. The molecule has 1 aliphatic heterocycles. The third-order valence-electron chi connectivity index (χ3n) is 5.83. The number of amides is 2. The monoisotopic (exact) mass is 326 g/mol. The number of urea groups is 1. The van der Waals surface area contributed by atoms with Crippen molar-refractivity contribution in [2.24, 2.45) is 11.8 Å². The van der Waals surface area contributed by atoms with Crippen molar-refractivity contribution in [2.75, 3.05) is 26.8 Å². The Hall–Kier alpha value is -0.810. The van der Waals surface area contributed by atoms with Gasteiger partial charge in [0, 0.05) is 39.1 Å². The molecule has 0 unspecified atom stereocenters. The Kier molecular flexibility index (Phi) is 6.72. The standard InChI is InChI=1S/C18H34N2O3/c1-14(16-7-5-4-6-8-16)15(2)19-17(21)20(3)13-18(22)9-11-23-12-10-18/h14-16,22H,4-13H2,1-3H3,(H,19,21)/t14-,15-/m1/s1. The molecule has 2 atom stereocenters. The summed E-state index contributed by atoms with van der Waals surface area (Å²) in [5.74, 6) is 1.22. The van der Waals surface area contributed by atoms with E-state index >= 15 is 0 Å². The van der Waals surface area contributed by atoms with Crippen molar-refractivity contribution in [3.05, 3.63) is 0 Å². The molecule has 2 N–H and O–H groups in total. The largest absolute Gasteiger partial charge is 0.388 e. The molecule has 1 saturated heterocycles. The van der Waals surface area contributed by atoms with Crippen molar-refractivity contribution >= 4 is 6.03 Å². The number of ether oxygens (including phenoxy) is 1. The fourth-order valence-electron chi connectivity index (χ4n) is 3.93. The van der Waals surface area contributed by atoms with Gasteiger partial charge in [0.05, 0.1) is 12.1 Å². The van der Waals surface area contributed by atoms with Crippen LogP contribution in [0.5, 0.6) is 0 Å². The molecular weight excluding hydrogens is 292 g/mol. The van der Waals surface area contributed by atoms with Crippen molar-refractivity contribution < 1.29 is 14.6 Å². The van der Waals surface area contributed by atoms with Gasteiger partial charge in [-0.3, -0.25) is 0 Å². The summed E-state index contributed by atoms with van der Waals surface area (Å²) in [6.45, 7) is 5.87. The predicted molar refractivity (Wildman–Crippen MR) is 91.4 cm³/mol. The topological polar surface area (TPSA) is 61.8 Å². The van der Waals surface area contributed by atoms with E-state index in [0.29, 0.717) is 38.5 Å². The molecule has 5 heteroatoms. The maximum atomic E-state index is 12.4. The van der Waals surface area contributed by atoms with E-state index in [1.165, 1.54) is 32.1 Å².